The first-order valence-electron chi connectivity index (χ1n) is 25.9. The van der Waals surface area contributed by atoms with E-state index in [0.29, 0.717) is 19.3 Å². The smallest absolute Gasteiger partial charge is 0.306 e. The summed E-state index contributed by atoms with van der Waals surface area (Å²) in [6, 6.07) is 0. The zero-order valence-electron chi connectivity index (χ0n) is 39.5. The molecule has 0 rings (SSSR count). The van der Waals surface area contributed by atoms with E-state index in [0.717, 1.165) is 63.7 Å². The Kier molecular flexibility index (Phi) is 45.2. The number of esters is 3. The molecule has 0 saturated heterocycles. The van der Waals surface area contributed by atoms with Gasteiger partial charge in [0.25, 0.3) is 0 Å². The summed E-state index contributed by atoms with van der Waals surface area (Å²) in [4.78, 5) is 37.9. The Balaban J connectivity index is 4.27. The molecule has 0 aromatic carbocycles. The molecule has 0 aliphatic rings. The molecule has 0 aromatic rings. The predicted octanol–water partition coefficient (Wildman–Crippen LogP) is 16.7. The van der Waals surface area contributed by atoms with E-state index in [1.807, 2.05) is 0 Å². The summed E-state index contributed by atoms with van der Waals surface area (Å²) in [5.74, 6) is -0.0340. The van der Waals surface area contributed by atoms with E-state index >= 15 is 0 Å². The van der Waals surface area contributed by atoms with E-state index in [4.69, 9.17) is 14.2 Å². The van der Waals surface area contributed by atoms with Gasteiger partial charge in [0.05, 0.1) is 0 Å². The molecule has 0 spiro atoms. The van der Waals surface area contributed by atoms with Crippen LogP contribution in [0.1, 0.15) is 291 Å². The Labute approximate surface area is 361 Å². The van der Waals surface area contributed by atoms with Crippen molar-refractivity contribution in [3.05, 3.63) is 0 Å². The maximum Gasteiger partial charge on any atom is 0.306 e. The molecular formula is C52H100O6. The Morgan fingerprint density at radius 2 is 0.603 bits per heavy atom. The van der Waals surface area contributed by atoms with Gasteiger partial charge in [0.2, 0.25) is 0 Å². The van der Waals surface area contributed by atoms with Gasteiger partial charge in [0, 0.05) is 19.3 Å². The van der Waals surface area contributed by atoms with E-state index in [1.54, 1.807) is 0 Å². The van der Waals surface area contributed by atoms with Gasteiger partial charge in [0.15, 0.2) is 6.10 Å². The number of ether oxygens (including phenoxy) is 3. The number of hydrogen-bond acceptors (Lipinski definition) is 6. The van der Waals surface area contributed by atoms with Crippen LogP contribution in [0.3, 0.4) is 0 Å². The second-order valence-electron chi connectivity index (χ2n) is 18.1. The SMILES string of the molecule is CCCCCCCCCCCCCCCCCCCCC(=O)O[C@@H](COC(=O)CCCCCCCCCCCCCC)COC(=O)CCCCCCCCC(C)CC. The van der Waals surface area contributed by atoms with Crippen molar-refractivity contribution in [2.45, 2.75) is 297 Å². The lowest BCUT2D eigenvalue weighted by molar-refractivity contribution is -0.167. The van der Waals surface area contributed by atoms with Crippen LogP contribution in [0.15, 0.2) is 0 Å². The molecule has 0 aliphatic carbocycles. The minimum Gasteiger partial charge on any atom is -0.462 e. The summed E-state index contributed by atoms with van der Waals surface area (Å²) in [6.45, 7) is 9.00. The molecule has 2 atom stereocenters. The molecule has 0 fully saturated rings. The van der Waals surface area contributed by atoms with Crippen LogP contribution in [-0.2, 0) is 28.6 Å². The van der Waals surface area contributed by atoms with Gasteiger partial charge in [-0.25, -0.2) is 0 Å². The fraction of sp³-hybridized carbons (Fsp3) is 0.942. The molecule has 0 radical (unpaired) electrons. The second-order valence-corrected chi connectivity index (χ2v) is 18.1. The van der Waals surface area contributed by atoms with Crippen LogP contribution in [0, 0.1) is 5.92 Å². The first-order valence-corrected chi connectivity index (χ1v) is 25.9. The lowest BCUT2D eigenvalue weighted by Gasteiger charge is -2.18. The lowest BCUT2D eigenvalue weighted by atomic mass is 10.00. The third-order valence-electron chi connectivity index (χ3n) is 12.2. The third kappa shape index (κ3) is 44.0. The van der Waals surface area contributed by atoms with Crippen LogP contribution in [0.5, 0.6) is 0 Å². The average Bonchev–Trinajstić information content (AvgIpc) is 3.22. The quantitative estimate of drug-likeness (QED) is 0.0346. The Bertz CT molecular complexity index is 874. The summed E-state index contributed by atoms with van der Waals surface area (Å²) in [6.07, 6.45) is 48.0. The molecule has 58 heavy (non-hydrogen) atoms. The van der Waals surface area contributed by atoms with E-state index in [9.17, 15) is 14.4 Å². The molecule has 344 valence electrons. The van der Waals surface area contributed by atoms with Gasteiger partial charge in [0.1, 0.15) is 13.2 Å². The molecule has 0 aromatic heterocycles. The van der Waals surface area contributed by atoms with Crippen LogP contribution < -0.4 is 0 Å². The van der Waals surface area contributed by atoms with Crippen LogP contribution >= 0.6 is 0 Å². The van der Waals surface area contributed by atoms with Crippen molar-refractivity contribution in [3.8, 4) is 0 Å². The van der Waals surface area contributed by atoms with Crippen molar-refractivity contribution in [3.63, 3.8) is 0 Å². The molecule has 0 N–H and O–H groups in total. The zero-order chi connectivity index (χ0) is 42.4. The van der Waals surface area contributed by atoms with Crippen LogP contribution in [-0.4, -0.2) is 37.2 Å². The van der Waals surface area contributed by atoms with E-state index in [2.05, 4.69) is 27.7 Å². The molecule has 0 heterocycles. The Morgan fingerprint density at radius 3 is 0.897 bits per heavy atom. The Hall–Kier alpha value is -1.59. The minimum absolute atomic E-state index is 0.0636. The molecule has 6 nitrogen and oxygen atoms in total. The molecule has 1 unspecified atom stereocenters. The fourth-order valence-electron chi connectivity index (χ4n) is 7.83. The van der Waals surface area contributed by atoms with Crippen LogP contribution in [0.4, 0.5) is 0 Å². The second kappa shape index (κ2) is 46.5. The van der Waals surface area contributed by atoms with Crippen LogP contribution in [0.25, 0.3) is 0 Å². The first-order chi connectivity index (χ1) is 28.4. The molecule has 0 saturated carbocycles. The minimum atomic E-state index is -0.761. The highest BCUT2D eigenvalue weighted by Crippen LogP contribution is 2.17. The lowest BCUT2D eigenvalue weighted by Crippen LogP contribution is -2.30. The summed E-state index contributed by atoms with van der Waals surface area (Å²) < 4.78 is 16.8. The van der Waals surface area contributed by atoms with E-state index < -0.39 is 6.10 Å². The summed E-state index contributed by atoms with van der Waals surface area (Å²) in [5, 5.41) is 0. The van der Waals surface area contributed by atoms with Crippen molar-refractivity contribution < 1.29 is 28.6 Å². The van der Waals surface area contributed by atoms with Gasteiger partial charge >= 0.3 is 17.9 Å². The first kappa shape index (κ1) is 56.4. The van der Waals surface area contributed by atoms with Gasteiger partial charge in [-0.05, 0) is 25.2 Å². The van der Waals surface area contributed by atoms with Gasteiger partial charge in [-0.2, -0.15) is 0 Å². The largest absolute Gasteiger partial charge is 0.462 e. The van der Waals surface area contributed by atoms with E-state index in [-0.39, 0.29) is 31.1 Å². The molecule has 0 aliphatic heterocycles. The van der Waals surface area contributed by atoms with Crippen LogP contribution in [0.2, 0.25) is 0 Å². The van der Waals surface area contributed by atoms with Gasteiger partial charge < -0.3 is 14.2 Å². The molecule has 0 amide bonds. The normalized spacial score (nSPS) is 12.4. The molecule has 6 heteroatoms. The number of unbranched alkanes of at least 4 members (excludes halogenated alkanes) is 33. The molecular weight excluding hydrogens is 721 g/mol. The Morgan fingerprint density at radius 1 is 0.345 bits per heavy atom. The maximum absolute atomic E-state index is 12.8. The van der Waals surface area contributed by atoms with Gasteiger partial charge in [-0.1, -0.05) is 252 Å². The maximum atomic E-state index is 12.8. The summed E-state index contributed by atoms with van der Waals surface area (Å²) in [5.41, 5.74) is 0. The number of carbonyl (C=O) groups is 3. The predicted molar refractivity (Wildman–Crippen MR) is 247 cm³/mol. The highest BCUT2D eigenvalue weighted by atomic mass is 16.6. The average molecular weight is 821 g/mol. The number of rotatable bonds is 47. The van der Waals surface area contributed by atoms with Crippen molar-refractivity contribution in [1.82, 2.24) is 0 Å². The van der Waals surface area contributed by atoms with Crippen molar-refractivity contribution in [1.29, 1.82) is 0 Å². The van der Waals surface area contributed by atoms with Gasteiger partial charge in [-0.15, -0.1) is 0 Å². The monoisotopic (exact) mass is 821 g/mol. The molecule has 0 bridgehead atoms. The summed E-state index contributed by atoms with van der Waals surface area (Å²) >= 11 is 0. The number of carbonyl (C=O) groups excluding carboxylic acids is 3. The zero-order valence-corrected chi connectivity index (χ0v) is 39.5. The topological polar surface area (TPSA) is 78.9 Å². The standard InChI is InChI=1S/C52H100O6/c1-5-8-10-12-14-16-18-20-21-22-23-24-25-27-29-31-37-41-45-52(55)58-49(47-57-51(54)44-40-36-33-32-34-38-42-48(4)7-3)46-56-50(53)43-39-35-30-28-26-19-17-15-13-11-9-6-2/h48-49H,5-47H2,1-4H3/t48?,49-/m0/s1. The van der Waals surface area contributed by atoms with Crippen molar-refractivity contribution in [2.24, 2.45) is 5.92 Å². The fourth-order valence-corrected chi connectivity index (χ4v) is 7.83. The number of hydrogen-bond donors (Lipinski definition) is 0. The third-order valence-corrected chi connectivity index (χ3v) is 12.2. The van der Waals surface area contributed by atoms with Crippen molar-refractivity contribution >= 4 is 17.9 Å². The highest BCUT2D eigenvalue weighted by molar-refractivity contribution is 5.71. The van der Waals surface area contributed by atoms with E-state index in [1.165, 1.54) is 186 Å². The summed E-state index contributed by atoms with van der Waals surface area (Å²) in [7, 11) is 0. The highest BCUT2D eigenvalue weighted by Gasteiger charge is 2.19. The van der Waals surface area contributed by atoms with Gasteiger partial charge in [-0.3, -0.25) is 14.4 Å². The van der Waals surface area contributed by atoms with Crippen molar-refractivity contribution in [2.75, 3.05) is 13.2 Å².